The number of allylic oxidation sites excluding steroid dienone is 1. The van der Waals surface area contributed by atoms with Gasteiger partial charge in [-0.15, -0.1) is 0 Å². The van der Waals surface area contributed by atoms with Crippen molar-refractivity contribution >= 4 is 22.7 Å². The van der Waals surface area contributed by atoms with Crippen molar-refractivity contribution in [3.63, 3.8) is 0 Å². The van der Waals surface area contributed by atoms with Gasteiger partial charge in [0.15, 0.2) is 11.5 Å². The summed E-state index contributed by atoms with van der Waals surface area (Å²) in [5.74, 6) is 2.08. The monoisotopic (exact) mass is 396 g/mol. The molecule has 6 heteroatoms. The van der Waals surface area contributed by atoms with Crippen molar-refractivity contribution < 1.29 is 9.47 Å². The van der Waals surface area contributed by atoms with Crippen molar-refractivity contribution in [3.05, 3.63) is 70.8 Å². The Kier molecular flexibility index (Phi) is 4.11. The number of nitrogens with one attached hydrogen (secondary N) is 1. The van der Waals surface area contributed by atoms with Gasteiger partial charge in [-0.3, -0.25) is 0 Å². The number of imidazole rings is 1. The van der Waals surface area contributed by atoms with Crippen molar-refractivity contribution in [1.82, 2.24) is 14.5 Å². The van der Waals surface area contributed by atoms with Crippen LogP contribution in [0.2, 0.25) is 0 Å². The molecular weight excluding hydrogens is 376 g/mol. The van der Waals surface area contributed by atoms with Crippen molar-refractivity contribution in [2.24, 2.45) is 0 Å². The molecule has 30 heavy (non-hydrogen) atoms. The molecule has 4 aromatic rings. The van der Waals surface area contributed by atoms with Crippen LogP contribution in [-0.2, 0) is 0 Å². The van der Waals surface area contributed by atoms with E-state index < -0.39 is 0 Å². The molecule has 5 rings (SSSR count). The van der Waals surface area contributed by atoms with Gasteiger partial charge in [0.2, 0.25) is 6.79 Å². The predicted octanol–water partition coefficient (Wildman–Crippen LogP) is 5.07. The van der Waals surface area contributed by atoms with Crippen LogP contribution in [0.3, 0.4) is 0 Å². The SMILES string of the molecule is Cc1ccc2nc(/C(C#N)=C/c3cc(C)n(-c4ccc5c(c4)OCO5)c3C)[nH]c2c1. The lowest BCUT2D eigenvalue weighted by atomic mass is 10.1. The number of hydrogen-bond acceptors (Lipinski definition) is 4. The Hall–Kier alpha value is -3.98. The molecule has 0 unspecified atom stereocenters. The molecule has 0 atom stereocenters. The summed E-state index contributed by atoms with van der Waals surface area (Å²) < 4.78 is 13.1. The smallest absolute Gasteiger partial charge is 0.231 e. The van der Waals surface area contributed by atoms with Crippen LogP contribution in [0.1, 0.15) is 28.3 Å². The Morgan fingerprint density at radius 3 is 2.77 bits per heavy atom. The number of ether oxygens (including phenoxy) is 2. The highest BCUT2D eigenvalue weighted by atomic mass is 16.7. The second kappa shape index (κ2) is 6.82. The van der Waals surface area contributed by atoms with Gasteiger partial charge in [0.1, 0.15) is 11.9 Å². The van der Waals surface area contributed by atoms with E-state index in [0.29, 0.717) is 11.4 Å². The van der Waals surface area contributed by atoms with Crippen LogP contribution in [0, 0.1) is 32.1 Å². The lowest BCUT2D eigenvalue weighted by Crippen LogP contribution is -1.99. The van der Waals surface area contributed by atoms with E-state index in [-0.39, 0.29) is 6.79 Å². The van der Waals surface area contributed by atoms with E-state index in [1.165, 1.54) is 0 Å². The van der Waals surface area contributed by atoms with Gasteiger partial charge in [0.05, 0.1) is 16.6 Å². The zero-order valence-electron chi connectivity index (χ0n) is 17.0. The minimum absolute atomic E-state index is 0.249. The third kappa shape index (κ3) is 2.92. The van der Waals surface area contributed by atoms with Crippen molar-refractivity contribution in [2.45, 2.75) is 20.8 Å². The van der Waals surface area contributed by atoms with Gasteiger partial charge in [-0.05, 0) is 68.3 Å². The van der Waals surface area contributed by atoms with Gasteiger partial charge >= 0.3 is 0 Å². The summed E-state index contributed by atoms with van der Waals surface area (Å²) in [7, 11) is 0. The first-order chi connectivity index (χ1) is 14.5. The van der Waals surface area contributed by atoms with Crippen molar-refractivity contribution in [3.8, 4) is 23.3 Å². The summed E-state index contributed by atoms with van der Waals surface area (Å²) in [6.45, 7) is 6.37. The number of aromatic nitrogens is 3. The number of nitrogens with zero attached hydrogens (tertiary/aromatic N) is 3. The standard InChI is InChI=1S/C24H20N4O2/c1-14-4-6-20-21(8-14)27-24(26-20)18(12-25)10-17-9-15(2)28(16(17)3)19-5-7-22-23(11-19)30-13-29-22/h4-11H,13H2,1-3H3,(H,26,27)/b18-10+. The molecule has 3 heterocycles. The number of rotatable bonds is 3. The Labute approximate surface area is 174 Å². The molecule has 0 fully saturated rings. The molecular formula is C24H20N4O2. The zero-order chi connectivity index (χ0) is 20.8. The number of aryl methyl sites for hydroxylation is 2. The first-order valence-corrected chi connectivity index (χ1v) is 9.71. The quantitative estimate of drug-likeness (QED) is 0.491. The molecule has 148 valence electrons. The molecule has 0 bridgehead atoms. The molecule has 1 aliphatic heterocycles. The first kappa shape index (κ1) is 18.1. The molecule has 1 N–H and O–H groups in total. The molecule has 2 aromatic heterocycles. The van der Waals surface area contributed by atoms with Crippen LogP contribution in [-0.4, -0.2) is 21.3 Å². The molecule has 0 radical (unpaired) electrons. The van der Waals surface area contributed by atoms with Gasteiger partial charge in [-0.1, -0.05) is 6.07 Å². The molecule has 0 saturated heterocycles. The largest absolute Gasteiger partial charge is 0.454 e. The average molecular weight is 396 g/mol. The van der Waals surface area contributed by atoms with Crippen LogP contribution < -0.4 is 9.47 Å². The second-order valence-electron chi connectivity index (χ2n) is 7.48. The highest BCUT2D eigenvalue weighted by Crippen LogP contribution is 2.35. The van der Waals surface area contributed by atoms with Crippen molar-refractivity contribution in [2.75, 3.05) is 6.79 Å². The summed E-state index contributed by atoms with van der Waals surface area (Å²) in [5.41, 5.74) is 7.48. The predicted molar refractivity (Wildman–Crippen MR) is 116 cm³/mol. The minimum Gasteiger partial charge on any atom is -0.454 e. The maximum absolute atomic E-state index is 9.79. The first-order valence-electron chi connectivity index (χ1n) is 9.71. The highest BCUT2D eigenvalue weighted by Gasteiger charge is 2.17. The van der Waals surface area contributed by atoms with Gasteiger partial charge in [-0.25, -0.2) is 4.98 Å². The summed E-state index contributed by atoms with van der Waals surface area (Å²) in [5, 5.41) is 9.79. The Morgan fingerprint density at radius 1 is 1.10 bits per heavy atom. The van der Waals surface area contributed by atoms with E-state index in [9.17, 15) is 5.26 Å². The highest BCUT2D eigenvalue weighted by molar-refractivity contribution is 5.91. The number of fused-ring (bicyclic) bond motifs is 2. The van der Waals surface area contributed by atoms with E-state index in [2.05, 4.69) is 26.7 Å². The van der Waals surface area contributed by atoms with Crippen LogP contribution in [0.25, 0.3) is 28.4 Å². The van der Waals surface area contributed by atoms with E-state index in [1.54, 1.807) is 0 Å². The summed E-state index contributed by atoms with van der Waals surface area (Å²) in [4.78, 5) is 7.86. The Bertz CT molecular complexity index is 1370. The average Bonchev–Trinajstić information content (AvgIpc) is 3.42. The third-order valence-electron chi connectivity index (χ3n) is 5.40. The molecule has 0 amide bonds. The molecule has 6 nitrogen and oxygen atoms in total. The van der Waals surface area contributed by atoms with Gasteiger partial charge in [0.25, 0.3) is 0 Å². The van der Waals surface area contributed by atoms with Crippen LogP contribution >= 0.6 is 0 Å². The topological polar surface area (TPSA) is 75.9 Å². The normalized spacial score (nSPS) is 13.1. The van der Waals surface area contributed by atoms with E-state index in [0.717, 1.165) is 50.7 Å². The van der Waals surface area contributed by atoms with Crippen LogP contribution in [0.5, 0.6) is 11.5 Å². The van der Waals surface area contributed by atoms with Gasteiger partial charge < -0.3 is 19.0 Å². The lowest BCUT2D eigenvalue weighted by molar-refractivity contribution is 0.174. The van der Waals surface area contributed by atoms with E-state index >= 15 is 0 Å². The molecule has 0 saturated carbocycles. The van der Waals surface area contributed by atoms with Gasteiger partial charge in [-0.2, -0.15) is 5.26 Å². The molecule has 2 aromatic carbocycles. The fraction of sp³-hybridized carbons (Fsp3) is 0.167. The minimum atomic E-state index is 0.249. The van der Waals surface area contributed by atoms with Crippen LogP contribution in [0.4, 0.5) is 0 Å². The molecule has 1 aliphatic rings. The number of H-pyrrole nitrogens is 1. The number of hydrogen-bond donors (Lipinski definition) is 1. The molecule has 0 aliphatic carbocycles. The number of aromatic amines is 1. The number of nitriles is 1. The lowest BCUT2D eigenvalue weighted by Gasteiger charge is -2.10. The fourth-order valence-electron chi connectivity index (χ4n) is 3.92. The second-order valence-corrected chi connectivity index (χ2v) is 7.48. The Morgan fingerprint density at radius 2 is 1.93 bits per heavy atom. The van der Waals surface area contributed by atoms with E-state index in [1.807, 2.05) is 63.2 Å². The summed E-state index contributed by atoms with van der Waals surface area (Å²) in [6.07, 6.45) is 1.89. The summed E-state index contributed by atoms with van der Waals surface area (Å²) >= 11 is 0. The summed E-state index contributed by atoms with van der Waals surface area (Å²) in [6, 6.07) is 16.3. The molecule has 0 spiro atoms. The van der Waals surface area contributed by atoms with Crippen LogP contribution in [0.15, 0.2) is 42.5 Å². The maximum atomic E-state index is 9.79. The fourth-order valence-corrected chi connectivity index (χ4v) is 3.92. The zero-order valence-corrected chi connectivity index (χ0v) is 17.0. The maximum Gasteiger partial charge on any atom is 0.231 e. The Balaban J connectivity index is 1.57. The number of benzene rings is 2. The van der Waals surface area contributed by atoms with Crippen molar-refractivity contribution in [1.29, 1.82) is 5.26 Å². The van der Waals surface area contributed by atoms with Gasteiger partial charge in [0, 0.05) is 23.1 Å². The van der Waals surface area contributed by atoms with E-state index in [4.69, 9.17) is 9.47 Å². The third-order valence-corrected chi connectivity index (χ3v) is 5.40.